The van der Waals surface area contributed by atoms with Gasteiger partial charge in [-0.15, -0.1) is 0 Å². The summed E-state index contributed by atoms with van der Waals surface area (Å²) in [7, 11) is 0. The molecular weight excluding hydrogens is 268 g/mol. The average Bonchev–Trinajstić information content (AvgIpc) is 3.12. The minimum Gasteiger partial charge on any atom is -0.325 e. The van der Waals surface area contributed by atoms with Crippen molar-refractivity contribution in [2.24, 2.45) is 5.41 Å². The van der Waals surface area contributed by atoms with Crippen molar-refractivity contribution in [3.8, 4) is 6.07 Å². The number of hydrogen-bond donors (Lipinski definition) is 2. The van der Waals surface area contributed by atoms with Crippen LogP contribution in [0.5, 0.6) is 0 Å². The van der Waals surface area contributed by atoms with Gasteiger partial charge in [0, 0.05) is 6.42 Å². The Kier molecular flexibility index (Phi) is 3.84. The molecule has 94 valence electrons. The van der Waals surface area contributed by atoms with Crippen LogP contribution in [0.3, 0.4) is 0 Å². The molecule has 18 heavy (non-hydrogen) atoms. The first-order chi connectivity index (χ1) is 8.58. The summed E-state index contributed by atoms with van der Waals surface area (Å²) in [6.07, 6.45) is 2.60. The Balaban J connectivity index is 2.01. The molecule has 0 atom stereocenters. The number of nitrogens with zero attached hydrogens (tertiary/aromatic N) is 1. The number of hydrogen-bond acceptors (Lipinski definition) is 3. The molecule has 0 radical (unpaired) electrons. The molecule has 1 aliphatic carbocycles. The Morgan fingerprint density at radius 1 is 1.56 bits per heavy atom. The van der Waals surface area contributed by atoms with E-state index in [0.29, 0.717) is 22.7 Å². The van der Waals surface area contributed by atoms with E-state index in [1.807, 2.05) is 6.07 Å². The summed E-state index contributed by atoms with van der Waals surface area (Å²) in [4.78, 5) is 11.9. The van der Waals surface area contributed by atoms with Crippen molar-refractivity contribution in [2.75, 3.05) is 11.1 Å². The SMILES string of the molecule is N#Cc1ccc(NC(=O)CC2(CS)CC2)c(Cl)c1. The van der Waals surface area contributed by atoms with Crippen LogP contribution in [-0.2, 0) is 4.79 Å². The van der Waals surface area contributed by atoms with Crippen LogP contribution in [0.4, 0.5) is 5.69 Å². The molecule has 1 N–H and O–H groups in total. The molecule has 3 nitrogen and oxygen atoms in total. The number of amides is 1. The summed E-state index contributed by atoms with van der Waals surface area (Å²) < 4.78 is 0. The number of halogens is 1. The highest BCUT2D eigenvalue weighted by molar-refractivity contribution is 7.80. The van der Waals surface area contributed by atoms with Gasteiger partial charge in [-0.1, -0.05) is 11.6 Å². The molecule has 0 unspecified atom stereocenters. The van der Waals surface area contributed by atoms with Gasteiger partial charge >= 0.3 is 0 Å². The van der Waals surface area contributed by atoms with E-state index in [1.165, 1.54) is 0 Å². The second-order valence-electron chi connectivity index (χ2n) is 4.69. The second-order valence-corrected chi connectivity index (χ2v) is 5.41. The van der Waals surface area contributed by atoms with Gasteiger partial charge in [-0.25, -0.2) is 0 Å². The maximum absolute atomic E-state index is 11.9. The zero-order valence-electron chi connectivity index (χ0n) is 9.74. The summed E-state index contributed by atoms with van der Waals surface area (Å²) in [6.45, 7) is 0. The molecule has 0 saturated heterocycles. The number of carbonyl (C=O) groups excluding carboxylic acids is 1. The zero-order valence-corrected chi connectivity index (χ0v) is 11.4. The molecule has 5 heteroatoms. The Hall–Kier alpha value is -1.18. The van der Waals surface area contributed by atoms with Crippen molar-refractivity contribution in [1.82, 2.24) is 0 Å². The maximum atomic E-state index is 11.9. The van der Waals surface area contributed by atoms with Crippen LogP contribution in [-0.4, -0.2) is 11.7 Å². The molecule has 1 fully saturated rings. The van der Waals surface area contributed by atoms with E-state index in [4.69, 9.17) is 16.9 Å². The summed E-state index contributed by atoms with van der Waals surface area (Å²) in [6, 6.07) is 6.83. The largest absolute Gasteiger partial charge is 0.325 e. The lowest BCUT2D eigenvalue weighted by Gasteiger charge is -2.12. The van der Waals surface area contributed by atoms with Crippen molar-refractivity contribution >= 4 is 35.8 Å². The summed E-state index contributed by atoms with van der Waals surface area (Å²) >= 11 is 10.3. The molecule has 0 heterocycles. The van der Waals surface area contributed by atoms with Crippen LogP contribution in [0.1, 0.15) is 24.8 Å². The quantitative estimate of drug-likeness (QED) is 0.832. The molecule has 0 spiro atoms. The lowest BCUT2D eigenvalue weighted by molar-refractivity contribution is -0.117. The van der Waals surface area contributed by atoms with Gasteiger partial charge in [-0.05, 0) is 42.2 Å². The van der Waals surface area contributed by atoms with E-state index in [0.717, 1.165) is 18.6 Å². The van der Waals surface area contributed by atoms with Crippen LogP contribution in [0, 0.1) is 16.7 Å². The number of nitriles is 1. The highest BCUT2D eigenvalue weighted by Crippen LogP contribution is 2.49. The minimum atomic E-state index is -0.0480. The average molecular weight is 281 g/mol. The summed E-state index contributed by atoms with van der Waals surface area (Å²) in [5.74, 6) is 0.690. The second kappa shape index (κ2) is 5.21. The smallest absolute Gasteiger partial charge is 0.225 e. The highest BCUT2D eigenvalue weighted by Gasteiger charge is 2.42. The van der Waals surface area contributed by atoms with E-state index in [1.54, 1.807) is 18.2 Å². The lowest BCUT2D eigenvalue weighted by Crippen LogP contribution is -2.18. The normalized spacial score (nSPS) is 15.8. The fourth-order valence-electron chi connectivity index (χ4n) is 1.79. The van der Waals surface area contributed by atoms with Crippen molar-refractivity contribution in [1.29, 1.82) is 5.26 Å². The number of benzene rings is 1. The van der Waals surface area contributed by atoms with E-state index < -0.39 is 0 Å². The van der Waals surface area contributed by atoms with Crippen LogP contribution in [0.25, 0.3) is 0 Å². The Labute approximate surface area is 117 Å². The predicted octanol–water partition coefficient (Wildman–Crippen LogP) is 3.25. The molecule has 1 aliphatic rings. The molecule has 0 aromatic heterocycles. The highest BCUT2D eigenvalue weighted by atomic mass is 35.5. The number of thiol groups is 1. The van der Waals surface area contributed by atoms with Crippen LogP contribution < -0.4 is 5.32 Å². The number of nitrogens with one attached hydrogen (secondary N) is 1. The maximum Gasteiger partial charge on any atom is 0.225 e. The van der Waals surface area contributed by atoms with Gasteiger partial charge in [0.2, 0.25) is 5.91 Å². The van der Waals surface area contributed by atoms with E-state index >= 15 is 0 Å². The third-order valence-corrected chi connectivity index (χ3v) is 4.18. The summed E-state index contributed by atoms with van der Waals surface area (Å²) in [5, 5.41) is 11.9. The monoisotopic (exact) mass is 280 g/mol. The first kappa shape index (κ1) is 13.3. The van der Waals surface area contributed by atoms with Crippen molar-refractivity contribution in [3.63, 3.8) is 0 Å². The first-order valence-corrected chi connectivity index (χ1v) is 6.70. The number of carbonyl (C=O) groups is 1. The molecule has 1 aromatic rings. The van der Waals surface area contributed by atoms with Crippen LogP contribution in [0.2, 0.25) is 5.02 Å². The Morgan fingerprint density at radius 2 is 2.28 bits per heavy atom. The molecule has 1 aromatic carbocycles. The van der Waals surface area contributed by atoms with E-state index in [9.17, 15) is 4.79 Å². The van der Waals surface area contributed by atoms with Gasteiger partial charge in [-0.2, -0.15) is 17.9 Å². The van der Waals surface area contributed by atoms with Crippen molar-refractivity contribution in [3.05, 3.63) is 28.8 Å². The lowest BCUT2D eigenvalue weighted by atomic mass is 10.1. The van der Waals surface area contributed by atoms with Crippen molar-refractivity contribution in [2.45, 2.75) is 19.3 Å². The fourth-order valence-corrected chi connectivity index (χ4v) is 2.44. The van der Waals surface area contributed by atoms with Gasteiger partial charge in [0.1, 0.15) is 0 Å². The van der Waals surface area contributed by atoms with Gasteiger partial charge < -0.3 is 5.32 Å². The van der Waals surface area contributed by atoms with Crippen LogP contribution in [0.15, 0.2) is 18.2 Å². The Bertz CT molecular complexity index is 520. The standard InChI is InChI=1S/C13H13ClN2OS/c14-10-5-9(7-15)1-2-11(10)16-12(17)6-13(8-18)3-4-13/h1-2,5,18H,3-4,6,8H2,(H,16,17). The third kappa shape index (κ3) is 2.98. The topological polar surface area (TPSA) is 52.9 Å². The summed E-state index contributed by atoms with van der Waals surface area (Å²) in [5.41, 5.74) is 1.12. The van der Waals surface area contributed by atoms with E-state index in [-0.39, 0.29) is 11.3 Å². The van der Waals surface area contributed by atoms with Gasteiger partial charge in [-0.3, -0.25) is 4.79 Å². The van der Waals surface area contributed by atoms with Gasteiger partial charge in [0.15, 0.2) is 0 Å². The van der Waals surface area contributed by atoms with Gasteiger partial charge in [0.25, 0.3) is 0 Å². The minimum absolute atomic E-state index is 0.0480. The van der Waals surface area contributed by atoms with Crippen LogP contribution >= 0.6 is 24.2 Å². The Morgan fingerprint density at radius 3 is 2.78 bits per heavy atom. The molecule has 0 bridgehead atoms. The predicted molar refractivity (Wildman–Crippen MR) is 74.9 cm³/mol. The molecule has 1 saturated carbocycles. The molecule has 2 rings (SSSR count). The molecule has 0 aliphatic heterocycles. The number of anilines is 1. The molecule has 1 amide bonds. The first-order valence-electron chi connectivity index (χ1n) is 5.69. The molecular formula is C13H13ClN2OS. The number of rotatable bonds is 4. The zero-order chi connectivity index (χ0) is 13.2. The van der Waals surface area contributed by atoms with Crippen molar-refractivity contribution < 1.29 is 4.79 Å². The van der Waals surface area contributed by atoms with E-state index in [2.05, 4.69) is 17.9 Å². The fraction of sp³-hybridized carbons (Fsp3) is 0.385. The third-order valence-electron chi connectivity index (χ3n) is 3.20. The van der Waals surface area contributed by atoms with Gasteiger partial charge in [0.05, 0.1) is 22.3 Å².